The average molecular weight is 289 g/mol. The molecule has 0 fully saturated rings. The Morgan fingerprint density at radius 1 is 1.05 bits per heavy atom. The van der Waals surface area contributed by atoms with Crippen molar-refractivity contribution in [2.45, 2.75) is 0 Å². The Bertz CT molecular complexity index is 844. The number of hydrogen-bond acceptors (Lipinski definition) is 4. The summed E-state index contributed by atoms with van der Waals surface area (Å²) in [7, 11) is 0. The second kappa shape index (κ2) is 6.33. The first-order chi connectivity index (χ1) is 10.9. The molecule has 1 aromatic heterocycles. The van der Waals surface area contributed by atoms with Crippen molar-refractivity contribution in [2.24, 2.45) is 0 Å². The predicted molar refractivity (Wildman–Crippen MR) is 84.1 cm³/mol. The number of aromatic nitrogens is 4. The molecule has 6 nitrogen and oxygen atoms in total. The van der Waals surface area contributed by atoms with Gasteiger partial charge in [0, 0.05) is 11.1 Å². The smallest absolute Gasteiger partial charge is 0.337 e. The van der Waals surface area contributed by atoms with Crippen molar-refractivity contribution < 1.29 is 0 Å². The van der Waals surface area contributed by atoms with Crippen LogP contribution in [-0.4, -0.2) is 20.2 Å². The number of tetrazole rings is 1. The second-order valence-electron chi connectivity index (χ2n) is 4.40. The molecule has 0 spiro atoms. The molecular formula is C16H11N5O. The van der Waals surface area contributed by atoms with Crippen LogP contribution in [0.4, 0.5) is 0 Å². The number of rotatable bonds is 3. The van der Waals surface area contributed by atoms with Crippen LogP contribution >= 0.6 is 0 Å². The molecule has 0 N–H and O–H groups in total. The molecule has 0 bridgehead atoms. The first kappa shape index (κ1) is 13.5. The molecule has 2 aromatic carbocycles. The molecule has 0 aliphatic carbocycles. The fourth-order valence-electron chi connectivity index (χ4n) is 1.93. The van der Waals surface area contributed by atoms with Crippen molar-refractivity contribution in [3.8, 4) is 11.8 Å². The van der Waals surface area contributed by atoms with Crippen molar-refractivity contribution >= 4 is 11.6 Å². The molecule has 0 amide bonds. The van der Waals surface area contributed by atoms with Gasteiger partial charge in [-0.05, 0) is 22.9 Å². The standard InChI is InChI=1S/C16H11N5O/c22-17-12-14(13-7-3-1-4-8-13)11-16-18-20-21(19-16)15-9-5-2-6-10-15/h1-11H/b14-11+. The highest BCUT2D eigenvalue weighted by Crippen LogP contribution is 2.16. The van der Waals surface area contributed by atoms with Gasteiger partial charge in [-0.3, -0.25) is 0 Å². The fraction of sp³-hybridized carbons (Fsp3) is 0. The summed E-state index contributed by atoms with van der Waals surface area (Å²) >= 11 is 0. The summed E-state index contributed by atoms with van der Waals surface area (Å²) in [5, 5.41) is 25.5. The van der Waals surface area contributed by atoms with Gasteiger partial charge in [-0.15, -0.1) is 15.0 Å². The molecule has 106 valence electrons. The third-order valence-electron chi connectivity index (χ3n) is 2.94. The lowest BCUT2D eigenvalue weighted by Gasteiger charge is -1.95. The largest absolute Gasteiger partial charge is 0.498 e. The zero-order chi connectivity index (χ0) is 15.2. The maximum Gasteiger partial charge on any atom is 0.337 e. The SMILES string of the molecule is [O-][N+]#C/C(=C\c1nnn(-c2ccccc2)n1)c1ccccc1. The van der Waals surface area contributed by atoms with Crippen LogP contribution in [0, 0.1) is 11.3 Å². The number of nitrogens with zero attached hydrogens (tertiary/aromatic N) is 5. The van der Waals surface area contributed by atoms with Gasteiger partial charge in [0.25, 0.3) is 0 Å². The first-order valence-electron chi connectivity index (χ1n) is 6.58. The van der Waals surface area contributed by atoms with Gasteiger partial charge in [0.15, 0.2) is 5.82 Å². The van der Waals surface area contributed by atoms with Gasteiger partial charge in [0.2, 0.25) is 0 Å². The van der Waals surface area contributed by atoms with E-state index in [1.807, 2.05) is 60.7 Å². The van der Waals surface area contributed by atoms with E-state index >= 15 is 0 Å². The van der Waals surface area contributed by atoms with Crippen molar-refractivity contribution in [3.05, 3.63) is 82.3 Å². The summed E-state index contributed by atoms with van der Waals surface area (Å²) in [5.41, 5.74) is 2.11. The van der Waals surface area contributed by atoms with E-state index in [0.717, 1.165) is 11.3 Å². The molecule has 3 rings (SSSR count). The normalized spacial score (nSPS) is 10.8. The van der Waals surface area contributed by atoms with E-state index in [1.165, 1.54) is 4.80 Å². The lowest BCUT2D eigenvalue weighted by Crippen LogP contribution is -1.98. The zero-order valence-corrected chi connectivity index (χ0v) is 11.5. The van der Waals surface area contributed by atoms with Crippen LogP contribution in [0.5, 0.6) is 0 Å². The quantitative estimate of drug-likeness (QED) is 0.549. The molecule has 22 heavy (non-hydrogen) atoms. The summed E-state index contributed by atoms with van der Waals surface area (Å²) in [4.78, 5) is 1.42. The third-order valence-corrected chi connectivity index (χ3v) is 2.94. The topological polar surface area (TPSA) is 71.0 Å². The average Bonchev–Trinajstić information content (AvgIpc) is 3.05. The van der Waals surface area contributed by atoms with E-state index in [9.17, 15) is 5.21 Å². The summed E-state index contributed by atoms with van der Waals surface area (Å²) in [6.07, 6.45) is 1.61. The van der Waals surface area contributed by atoms with Crippen LogP contribution in [0.15, 0.2) is 60.7 Å². The molecule has 0 aliphatic rings. The van der Waals surface area contributed by atoms with Crippen molar-refractivity contribution in [3.63, 3.8) is 0 Å². The Balaban J connectivity index is 1.96. The van der Waals surface area contributed by atoms with Crippen LogP contribution in [0.3, 0.4) is 0 Å². The van der Waals surface area contributed by atoms with E-state index in [4.69, 9.17) is 0 Å². The molecule has 0 saturated heterocycles. The highest BCUT2D eigenvalue weighted by Gasteiger charge is 2.08. The lowest BCUT2D eigenvalue weighted by atomic mass is 10.1. The van der Waals surface area contributed by atoms with E-state index in [2.05, 4.69) is 26.5 Å². The fourth-order valence-corrected chi connectivity index (χ4v) is 1.93. The summed E-state index contributed by atoms with van der Waals surface area (Å²) < 4.78 is 0. The summed E-state index contributed by atoms with van der Waals surface area (Å²) in [5.74, 6) is 0.374. The van der Waals surface area contributed by atoms with Gasteiger partial charge < -0.3 is 5.21 Å². The van der Waals surface area contributed by atoms with Crippen LogP contribution in [0.25, 0.3) is 22.3 Å². The van der Waals surface area contributed by atoms with Gasteiger partial charge >= 0.3 is 6.07 Å². The van der Waals surface area contributed by atoms with Gasteiger partial charge in [-0.2, -0.15) is 0 Å². The van der Waals surface area contributed by atoms with Crippen molar-refractivity contribution in [1.82, 2.24) is 20.2 Å². The van der Waals surface area contributed by atoms with Crippen LogP contribution < -0.4 is 0 Å². The minimum Gasteiger partial charge on any atom is -0.498 e. The van der Waals surface area contributed by atoms with Crippen LogP contribution in [-0.2, 0) is 0 Å². The van der Waals surface area contributed by atoms with Crippen molar-refractivity contribution in [1.29, 1.82) is 0 Å². The molecular weight excluding hydrogens is 278 g/mol. The van der Waals surface area contributed by atoms with E-state index in [0.29, 0.717) is 11.4 Å². The molecule has 0 aliphatic heterocycles. The third kappa shape index (κ3) is 2.99. The lowest BCUT2D eigenvalue weighted by molar-refractivity contribution is 0.719. The van der Waals surface area contributed by atoms with Gasteiger partial charge in [0.05, 0.1) is 5.69 Å². The Hall–Kier alpha value is -3.46. The molecule has 6 heteroatoms. The predicted octanol–water partition coefficient (Wildman–Crippen LogP) is 3.03. The number of hydrogen-bond donors (Lipinski definition) is 0. The zero-order valence-electron chi connectivity index (χ0n) is 11.5. The summed E-state index contributed by atoms with van der Waals surface area (Å²) in [6, 6.07) is 21.2. The minimum atomic E-state index is 0.374. The number of para-hydroxylation sites is 1. The first-order valence-corrected chi connectivity index (χ1v) is 6.58. The van der Waals surface area contributed by atoms with E-state index < -0.39 is 0 Å². The monoisotopic (exact) mass is 289 g/mol. The second-order valence-corrected chi connectivity index (χ2v) is 4.40. The van der Waals surface area contributed by atoms with E-state index in [-0.39, 0.29) is 0 Å². The van der Waals surface area contributed by atoms with Gasteiger partial charge in [-0.25, -0.2) is 0 Å². The van der Waals surface area contributed by atoms with Crippen molar-refractivity contribution in [2.75, 3.05) is 0 Å². The molecule has 0 saturated carbocycles. The maximum absolute atomic E-state index is 10.5. The number of allylic oxidation sites excluding steroid dienone is 1. The molecule has 1 heterocycles. The molecule has 0 unspecified atom stereocenters. The highest BCUT2D eigenvalue weighted by atomic mass is 16.4. The minimum absolute atomic E-state index is 0.374. The maximum atomic E-state index is 10.5. The highest BCUT2D eigenvalue weighted by molar-refractivity contribution is 5.89. The van der Waals surface area contributed by atoms with Gasteiger partial charge in [-0.1, -0.05) is 48.5 Å². The Labute approximate surface area is 126 Å². The number of benzene rings is 2. The Morgan fingerprint density at radius 2 is 1.73 bits per heavy atom. The van der Waals surface area contributed by atoms with E-state index in [1.54, 1.807) is 6.08 Å². The Morgan fingerprint density at radius 3 is 2.41 bits per heavy atom. The molecule has 0 atom stereocenters. The molecule has 3 aromatic rings. The van der Waals surface area contributed by atoms with Crippen LogP contribution in [0.1, 0.15) is 11.4 Å². The Kier molecular flexibility index (Phi) is 3.89. The molecule has 0 radical (unpaired) electrons. The van der Waals surface area contributed by atoms with Crippen LogP contribution in [0.2, 0.25) is 0 Å². The summed E-state index contributed by atoms with van der Waals surface area (Å²) in [6.45, 7) is 0. The van der Waals surface area contributed by atoms with Gasteiger partial charge in [0.1, 0.15) is 5.57 Å².